The Kier molecular flexibility index (Phi) is 8.27. The number of carbonyl (C=O) groups excluding carboxylic acids is 1. The van der Waals surface area contributed by atoms with E-state index < -0.39 is 12.0 Å². The molecular formula is C21H26N6O3S. The number of thiophene rings is 1. The maximum absolute atomic E-state index is 12.5. The second-order valence-corrected chi connectivity index (χ2v) is 8.14. The van der Waals surface area contributed by atoms with Gasteiger partial charge in [-0.25, -0.2) is 9.97 Å². The highest BCUT2D eigenvalue weighted by molar-refractivity contribution is 7.14. The number of amides is 1. The minimum Gasteiger partial charge on any atom is -0.480 e. The molecule has 31 heavy (non-hydrogen) atoms. The molecule has 0 radical (unpaired) electrons. The molecule has 1 amide bonds. The Bertz CT molecular complexity index is 971. The van der Waals surface area contributed by atoms with Crippen LogP contribution in [0.3, 0.4) is 0 Å². The topological polar surface area (TPSA) is 132 Å². The minimum absolute atomic E-state index is 0.213. The molecule has 3 aromatic rings. The summed E-state index contributed by atoms with van der Waals surface area (Å²) in [5.74, 6) is 0.241. The third-order valence-corrected chi connectivity index (χ3v) is 5.61. The van der Waals surface area contributed by atoms with Crippen LogP contribution in [0.1, 0.15) is 45.7 Å². The van der Waals surface area contributed by atoms with Crippen molar-refractivity contribution in [2.45, 2.75) is 45.4 Å². The monoisotopic (exact) mass is 442 g/mol. The maximum atomic E-state index is 12.5. The summed E-state index contributed by atoms with van der Waals surface area (Å²) in [6, 6.07) is 6.67. The van der Waals surface area contributed by atoms with Gasteiger partial charge in [-0.15, -0.1) is 11.3 Å². The van der Waals surface area contributed by atoms with Crippen molar-refractivity contribution in [2.24, 2.45) is 0 Å². The smallest absolute Gasteiger partial charge is 0.320 e. The first-order valence-electron chi connectivity index (χ1n) is 10.0. The molecule has 0 aromatic carbocycles. The lowest BCUT2D eigenvalue weighted by Gasteiger charge is -2.13. The highest BCUT2D eigenvalue weighted by atomic mass is 32.1. The van der Waals surface area contributed by atoms with Crippen molar-refractivity contribution in [3.05, 3.63) is 64.0 Å². The van der Waals surface area contributed by atoms with E-state index in [1.807, 2.05) is 19.1 Å². The fraction of sp³-hybridized carbons (Fsp3) is 0.333. The number of carboxylic acids is 1. The third kappa shape index (κ3) is 6.99. The quantitative estimate of drug-likeness (QED) is 0.291. The summed E-state index contributed by atoms with van der Waals surface area (Å²) in [7, 11) is 0. The number of pyridine rings is 1. The molecule has 3 heterocycles. The van der Waals surface area contributed by atoms with Gasteiger partial charge in [0, 0.05) is 36.6 Å². The van der Waals surface area contributed by atoms with E-state index >= 15 is 0 Å². The van der Waals surface area contributed by atoms with Crippen LogP contribution in [-0.2, 0) is 24.4 Å². The number of carbonyl (C=O) groups is 2. The number of carboxylic acid groups (broad SMARTS) is 1. The number of hydrogen-bond acceptors (Lipinski definition) is 7. The van der Waals surface area contributed by atoms with Gasteiger partial charge in [-0.1, -0.05) is 19.4 Å². The number of aromatic amines is 1. The van der Waals surface area contributed by atoms with Crippen LogP contribution in [0.4, 0.5) is 5.82 Å². The van der Waals surface area contributed by atoms with Gasteiger partial charge in [-0.05, 0) is 30.2 Å². The average Bonchev–Trinajstić information content (AvgIpc) is 3.44. The van der Waals surface area contributed by atoms with Gasteiger partial charge in [-0.3, -0.25) is 9.59 Å². The number of nitrogens with one attached hydrogen (secondary N) is 4. The van der Waals surface area contributed by atoms with Crippen LogP contribution in [0.15, 0.2) is 42.9 Å². The number of aromatic nitrogens is 3. The molecular weight excluding hydrogens is 416 g/mol. The number of hydrogen-bond donors (Lipinski definition) is 5. The van der Waals surface area contributed by atoms with Gasteiger partial charge in [0.05, 0.1) is 11.4 Å². The zero-order valence-electron chi connectivity index (χ0n) is 17.2. The molecule has 0 saturated carbocycles. The highest BCUT2D eigenvalue weighted by Gasteiger charge is 2.15. The van der Waals surface area contributed by atoms with Crippen molar-refractivity contribution >= 4 is 29.0 Å². The summed E-state index contributed by atoms with van der Waals surface area (Å²) in [5.41, 5.74) is 0.849. The molecule has 3 rings (SSSR count). The Hall–Kier alpha value is -3.08. The van der Waals surface area contributed by atoms with Crippen molar-refractivity contribution in [1.29, 1.82) is 0 Å². The van der Waals surface area contributed by atoms with E-state index in [0.717, 1.165) is 22.7 Å². The summed E-state index contributed by atoms with van der Waals surface area (Å²) in [4.78, 5) is 36.8. The van der Waals surface area contributed by atoms with Crippen LogP contribution in [0.25, 0.3) is 0 Å². The molecule has 164 valence electrons. The van der Waals surface area contributed by atoms with Crippen LogP contribution in [0, 0.1) is 0 Å². The van der Waals surface area contributed by atoms with E-state index in [4.69, 9.17) is 0 Å². The van der Waals surface area contributed by atoms with Crippen molar-refractivity contribution in [3.63, 3.8) is 0 Å². The maximum Gasteiger partial charge on any atom is 0.320 e. The number of nitrogens with zero attached hydrogens (tertiary/aromatic N) is 2. The molecule has 0 aliphatic rings. The molecule has 3 aromatic heterocycles. The van der Waals surface area contributed by atoms with Crippen LogP contribution in [-0.4, -0.2) is 38.0 Å². The molecule has 0 aliphatic carbocycles. The van der Waals surface area contributed by atoms with E-state index in [1.165, 1.54) is 11.3 Å². The Morgan fingerprint density at radius 3 is 2.71 bits per heavy atom. The molecule has 9 nitrogen and oxygen atoms in total. The van der Waals surface area contributed by atoms with E-state index in [9.17, 15) is 14.7 Å². The summed E-state index contributed by atoms with van der Waals surface area (Å²) >= 11 is 1.42. The molecule has 0 aliphatic heterocycles. The van der Waals surface area contributed by atoms with Gasteiger partial charge < -0.3 is 26.0 Å². The number of aliphatic carboxylic acids is 1. The number of rotatable bonds is 12. The Balaban J connectivity index is 1.46. The molecule has 0 bridgehead atoms. The van der Waals surface area contributed by atoms with E-state index in [-0.39, 0.29) is 5.91 Å². The predicted molar refractivity (Wildman–Crippen MR) is 119 cm³/mol. The molecule has 0 fully saturated rings. The average molecular weight is 443 g/mol. The number of anilines is 1. The summed E-state index contributed by atoms with van der Waals surface area (Å²) < 4.78 is 0. The largest absolute Gasteiger partial charge is 0.480 e. The van der Waals surface area contributed by atoms with Crippen LogP contribution < -0.4 is 16.0 Å². The molecule has 5 N–H and O–H groups in total. The SMILES string of the molecule is CCC[C@H](NCc1ccc(NC(=O)c2ccc(CNCc3ncc[nH]3)s2)nc1)C(=O)O. The summed E-state index contributed by atoms with van der Waals surface area (Å²) in [5, 5.41) is 18.3. The van der Waals surface area contributed by atoms with Crippen molar-refractivity contribution in [1.82, 2.24) is 25.6 Å². The standard InChI is InChI=1S/C21H26N6O3S/c1-2-3-16(21(29)30)25-10-14-4-7-18(26-11-14)27-20(28)17-6-5-15(31-17)12-22-13-19-23-8-9-24-19/h4-9,11,16,22,25H,2-3,10,12-13H2,1H3,(H,23,24)(H,29,30)(H,26,27,28)/t16-/m0/s1. The van der Waals surface area contributed by atoms with Crippen LogP contribution in [0.2, 0.25) is 0 Å². The van der Waals surface area contributed by atoms with Gasteiger partial charge in [0.2, 0.25) is 0 Å². The van der Waals surface area contributed by atoms with Crippen molar-refractivity contribution < 1.29 is 14.7 Å². The second-order valence-electron chi connectivity index (χ2n) is 6.97. The minimum atomic E-state index is -0.856. The number of imidazole rings is 1. The summed E-state index contributed by atoms with van der Waals surface area (Å²) in [6.07, 6.45) is 6.48. The van der Waals surface area contributed by atoms with Crippen LogP contribution in [0.5, 0.6) is 0 Å². The van der Waals surface area contributed by atoms with Crippen molar-refractivity contribution in [3.8, 4) is 0 Å². The first-order valence-corrected chi connectivity index (χ1v) is 10.9. The van der Waals surface area contributed by atoms with Crippen LogP contribution >= 0.6 is 11.3 Å². The lowest BCUT2D eigenvalue weighted by atomic mass is 10.1. The van der Waals surface area contributed by atoms with E-state index in [2.05, 4.69) is 30.9 Å². The van der Waals surface area contributed by atoms with E-state index in [0.29, 0.717) is 36.8 Å². The Morgan fingerprint density at radius 1 is 1.16 bits per heavy atom. The zero-order valence-corrected chi connectivity index (χ0v) is 18.0. The first-order chi connectivity index (χ1) is 15.0. The second kappa shape index (κ2) is 11.3. The van der Waals surface area contributed by atoms with E-state index in [1.54, 1.807) is 30.7 Å². The van der Waals surface area contributed by atoms with Gasteiger partial charge in [0.15, 0.2) is 0 Å². The lowest BCUT2D eigenvalue weighted by molar-refractivity contribution is -0.139. The van der Waals surface area contributed by atoms with Crippen molar-refractivity contribution in [2.75, 3.05) is 5.32 Å². The summed E-state index contributed by atoms with van der Waals surface area (Å²) in [6.45, 7) is 3.62. The number of H-pyrrole nitrogens is 1. The molecule has 10 heteroatoms. The normalized spacial score (nSPS) is 11.9. The highest BCUT2D eigenvalue weighted by Crippen LogP contribution is 2.18. The van der Waals surface area contributed by atoms with Gasteiger partial charge in [0.1, 0.15) is 17.7 Å². The Morgan fingerprint density at radius 2 is 2.03 bits per heavy atom. The molecule has 0 saturated heterocycles. The van der Waals surface area contributed by atoms with Gasteiger partial charge >= 0.3 is 5.97 Å². The van der Waals surface area contributed by atoms with Gasteiger partial charge in [-0.2, -0.15) is 0 Å². The molecule has 0 spiro atoms. The zero-order chi connectivity index (χ0) is 22.1. The lowest BCUT2D eigenvalue weighted by Crippen LogP contribution is -2.36. The fourth-order valence-electron chi connectivity index (χ4n) is 2.92. The van der Waals surface area contributed by atoms with Gasteiger partial charge in [0.25, 0.3) is 5.91 Å². The Labute approximate surface area is 184 Å². The first kappa shape index (κ1) is 22.6. The molecule has 0 unspecified atom stereocenters. The third-order valence-electron chi connectivity index (χ3n) is 4.53. The fourth-order valence-corrected chi connectivity index (χ4v) is 3.79. The molecule has 1 atom stereocenters. The predicted octanol–water partition coefficient (Wildman–Crippen LogP) is 2.75.